The highest BCUT2D eigenvalue weighted by atomic mass is 79.9. The Labute approximate surface area is 120 Å². The van der Waals surface area contributed by atoms with E-state index in [0.29, 0.717) is 23.5 Å². The molecule has 0 aliphatic carbocycles. The zero-order chi connectivity index (χ0) is 14.0. The van der Waals surface area contributed by atoms with Gasteiger partial charge in [-0.2, -0.15) is 0 Å². The topological polar surface area (TPSA) is 29.5 Å². The van der Waals surface area contributed by atoms with Crippen molar-refractivity contribution in [3.63, 3.8) is 0 Å². The molecule has 0 spiro atoms. The Morgan fingerprint density at radius 2 is 2.26 bits per heavy atom. The predicted octanol–water partition coefficient (Wildman–Crippen LogP) is 3.09. The Bertz CT molecular complexity index is 481. The largest absolute Gasteiger partial charge is 0.379 e. The quantitative estimate of drug-likeness (QED) is 0.834. The molecule has 19 heavy (non-hydrogen) atoms. The molecule has 0 aromatic heterocycles. The van der Waals surface area contributed by atoms with Crippen molar-refractivity contribution in [3.05, 3.63) is 34.1 Å². The van der Waals surface area contributed by atoms with E-state index in [2.05, 4.69) is 22.9 Å². The standard InChI is InChI=1S/C14H17BrFNO2/c1-9-5-6-17(8-13(9)19-2)14(18)11-7-10(15)3-4-12(11)16/h3-4,7,9,13H,5-6,8H2,1-2H3. The van der Waals surface area contributed by atoms with Crippen LogP contribution in [0.2, 0.25) is 0 Å². The summed E-state index contributed by atoms with van der Waals surface area (Å²) in [6.07, 6.45) is 0.896. The molecule has 0 radical (unpaired) electrons. The van der Waals surface area contributed by atoms with Crippen LogP contribution in [0.25, 0.3) is 0 Å². The molecule has 104 valence electrons. The van der Waals surface area contributed by atoms with Crippen LogP contribution in [0.4, 0.5) is 4.39 Å². The third kappa shape index (κ3) is 3.15. The highest BCUT2D eigenvalue weighted by Gasteiger charge is 2.30. The van der Waals surface area contributed by atoms with E-state index < -0.39 is 5.82 Å². The summed E-state index contributed by atoms with van der Waals surface area (Å²) >= 11 is 3.26. The molecule has 0 bridgehead atoms. The molecule has 2 unspecified atom stereocenters. The van der Waals surface area contributed by atoms with E-state index in [4.69, 9.17) is 4.74 Å². The van der Waals surface area contributed by atoms with Crippen molar-refractivity contribution in [2.75, 3.05) is 20.2 Å². The van der Waals surface area contributed by atoms with Crippen molar-refractivity contribution in [3.8, 4) is 0 Å². The lowest BCUT2D eigenvalue weighted by Gasteiger charge is -2.36. The van der Waals surface area contributed by atoms with E-state index in [0.717, 1.165) is 6.42 Å². The number of nitrogens with zero attached hydrogens (tertiary/aromatic N) is 1. The third-order valence-corrected chi connectivity index (χ3v) is 4.13. The summed E-state index contributed by atoms with van der Waals surface area (Å²) in [5, 5.41) is 0. The maximum absolute atomic E-state index is 13.7. The number of likely N-dealkylation sites (tertiary alicyclic amines) is 1. The smallest absolute Gasteiger partial charge is 0.256 e. The van der Waals surface area contributed by atoms with E-state index in [-0.39, 0.29) is 17.6 Å². The van der Waals surface area contributed by atoms with Gasteiger partial charge in [0.2, 0.25) is 0 Å². The van der Waals surface area contributed by atoms with Crippen molar-refractivity contribution >= 4 is 21.8 Å². The van der Waals surface area contributed by atoms with Gasteiger partial charge in [-0.1, -0.05) is 22.9 Å². The Kier molecular flexibility index (Phi) is 4.58. The summed E-state index contributed by atoms with van der Waals surface area (Å²) in [5.74, 6) is -0.338. The molecule has 1 heterocycles. The average Bonchev–Trinajstić information content (AvgIpc) is 2.41. The SMILES string of the molecule is COC1CN(C(=O)c2cc(Br)ccc2F)CCC1C. The first kappa shape index (κ1) is 14.5. The van der Waals surface area contributed by atoms with E-state index >= 15 is 0 Å². The summed E-state index contributed by atoms with van der Waals surface area (Å²) in [6.45, 7) is 3.27. The summed E-state index contributed by atoms with van der Waals surface area (Å²) in [6, 6.07) is 4.41. The minimum atomic E-state index is -0.485. The number of methoxy groups -OCH3 is 1. The number of rotatable bonds is 2. The second kappa shape index (κ2) is 6.01. The Hall–Kier alpha value is -0.940. The number of hydrogen-bond acceptors (Lipinski definition) is 2. The zero-order valence-corrected chi connectivity index (χ0v) is 12.6. The van der Waals surface area contributed by atoms with Crippen LogP contribution in [0.1, 0.15) is 23.7 Å². The fourth-order valence-corrected chi connectivity index (χ4v) is 2.72. The monoisotopic (exact) mass is 329 g/mol. The van der Waals surface area contributed by atoms with Crippen LogP contribution in [-0.2, 0) is 4.74 Å². The lowest BCUT2D eigenvalue weighted by atomic mass is 9.95. The molecule has 1 aliphatic heterocycles. The van der Waals surface area contributed by atoms with E-state index in [1.54, 1.807) is 18.1 Å². The van der Waals surface area contributed by atoms with Gasteiger partial charge in [0.1, 0.15) is 5.82 Å². The van der Waals surface area contributed by atoms with Crippen molar-refractivity contribution in [1.82, 2.24) is 4.90 Å². The second-order valence-electron chi connectivity index (χ2n) is 4.92. The summed E-state index contributed by atoms with van der Waals surface area (Å²) in [5.41, 5.74) is 0.110. The molecule has 1 saturated heterocycles. The number of piperidine rings is 1. The predicted molar refractivity (Wildman–Crippen MR) is 74.6 cm³/mol. The lowest BCUT2D eigenvalue weighted by molar-refractivity contribution is -0.00172. The van der Waals surface area contributed by atoms with Crippen LogP contribution < -0.4 is 0 Å². The van der Waals surface area contributed by atoms with Gasteiger partial charge in [0.15, 0.2) is 0 Å². The fourth-order valence-electron chi connectivity index (χ4n) is 2.36. The molecule has 2 atom stereocenters. The first-order valence-electron chi connectivity index (χ1n) is 6.30. The van der Waals surface area contributed by atoms with Crippen LogP contribution in [-0.4, -0.2) is 37.1 Å². The lowest BCUT2D eigenvalue weighted by Crippen LogP contribution is -2.46. The van der Waals surface area contributed by atoms with Crippen molar-refractivity contribution in [2.24, 2.45) is 5.92 Å². The molecule has 1 aromatic carbocycles. The molecule has 2 rings (SSSR count). The molecule has 0 N–H and O–H groups in total. The van der Waals surface area contributed by atoms with Gasteiger partial charge in [-0.15, -0.1) is 0 Å². The van der Waals surface area contributed by atoms with Crippen LogP contribution in [0, 0.1) is 11.7 Å². The van der Waals surface area contributed by atoms with E-state index in [1.165, 1.54) is 12.1 Å². The average molecular weight is 330 g/mol. The number of hydrogen-bond donors (Lipinski definition) is 0. The van der Waals surface area contributed by atoms with Crippen molar-refractivity contribution in [2.45, 2.75) is 19.4 Å². The normalized spacial score (nSPS) is 23.5. The fraction of sp³-hybridized carbons (Fsp3) is 0.500. The molecule has 1 fully saturated rings. The minimum Gasteiger partial charge on any atom is -0.379 e. The minimum absolute atomic E-state index is 0.0212. The van der Waals surface area contributed by atoms with Gasteiger partial charge < -0.3 is 9.64 Å². The van der Waals surface area contributed by atoms with Crippen molar-refractivity contribution in [1.29, 1.82) is 0 Å². The number of ether oxygens (including phenoxy) is 1. The third-order valence-electron chi connectivity index (χ3n) is 3.64. The molecule has 1 amide bonds. The summed E-state index contributed by atoms with van der Waals surface area (Å²) in [7, 11) is 1.65. The van der Waals surface area contributed by atoms with Gasteiger partial charge in [0, 0.05) is 24.7 Å². The van der Waals surface area contributed by atoms with Crippen LogP contribution in [0.3, 0.4) is 0 Å². The first-order chi connectivity index (χ1) is 9.02. The molecule has 1 aliphatic rings. The Morgan fingerprint density at radius 1 is 1.53 bits per heavy atom. The molecule has 0 saturated carbocycles. The highest BCUT2D eigenvalue weighted by Crippen LogP contribution is 2.23. The second-order valence-corrected chi connectivity index (χ2v) is 5.83. The van der Waals surface area contributed by atoms with Gasteiger partial charge in [0.25, 0.3) is 5.91 Å². The van der Waals surface area contributed by atoms with Crippen LogP contribution in [0.15, 0.2) is 22.7 Å². The molecule has 1 aromatic rings. The molecule has 5 heteroatoms. The van der Waals surface area contributed by atoms with Gasteiger partial charge in [-0.05, 0) is 30.5 Å². The summed E-state index contributed by atoms with van der Waals surface area (Å²) in [4.78, 5) is 14.0. The van der Waals surface area contributed by atoms with Crippen LogP contribution >= 0.6 is 15.9 Å². The van der Waals surface area contributed by atoms with Gasteiger partial charge in [-0.25, -0.2) is 4.39 Å². The van der Waals surface area contributed by atoms with E-state index in [1.807, 2.05) is 0 Å². The maximum Gasteiger partial charge on any atom is 0.256 e. The van der Waals surface area contributed by atoms with Gasteiger partial charge in [-0.3, -0.25) is 4.79 Å². The highest BCUT2D eigenvalue weighted by molar-refractivity contribution is 9.10. The first-order valence-corrected chi connectivity index (χ1v) is 7.09. The Balaban J connectivity index is 2.18. The molecular formula is C14H17BrFNO2. The number of benzene rings is 1. The number of carbonyl (C=O) groups excluding carboxylic acids is 1. The number of carbonyl (C=O) groups is 1. The van der Waals surface area contributed by atoms with Crippen LogP contribution in [0.5, 0.6) is 0 Å². The Morgan fingerprint density at radius 3 is 2.95 bits per heavy atom. The van der Waals surface area contributed by atoms with Gasteiger partial charge >= 0.3 is 0 Å². The number of halogens is 2. The van der Waals surface area contributed by atoms with E-state index in [9.17, 15) is 9.18 Å². The molecule has 3 nitrogen and oxygen atoms in total. The van der Waals surface area contributed by atoms with Crippen molar-refractivity contribution < 1.29 is 13.9 Å². The zero-order valence-electron chi connectivity index (χ0n) is 11.0. The maximum atomic E-state index is 13.7. The number of amides is 1. The molecular weight excluding hydrogens is 313 g/mol. The summed E-state index contributed by atoms with van der Waals surface area (Å²) < 4.78 is 19.8. The van der Waals surface area contributed by atoms with Gasteiger partial charge in [0.05, 0.1) is 11.7 Å².